The molecule has 0 aliphatic heterocycles. The molecule has 37 heavy (non-hydrogen) atoms. The number of carbonyl (C=O) groups excluding carboxylic acids is 1. The Kier molecular flexibility index (Phi) is 5.96. The second-order valence-corrected chi connectivity index (χ2v) is 11.0. The predicted molar refractivity (Wildman–Crippen MR) is 137 cm³/mol. The van der Waals surface area contributed by atoms with Crippen molar-refractivity contribution >= 4 is 32.5 Å². The third kappa shape index (κ3) is 4.17. The molecule has 6 rings (SSSR count). The fourth-order valence-corrected chi connectivity index (χ4v) is 6.62. The first kappa shape index (κ1) is 23.4. The summed E-state index contributed by atoms with van der Waals surface area (Å²) >= 11 is 0. The largest absolute Gasteiger partial charge is 0.465 e. The van der Waals surface area contributed by atoms with Gasteiger partial charge in [0, 0.05) is 35.5 Å². The Balaban J connectivity index is 1.46. The SMILES string of the molecule is O=C(OCCc1cc2c(-c3cnn4ncccc34)ccnc2n1S(=O)(=O)c1ccccc1)C1CCCC1. The molecule has 0 spiro atoms. The lowest BCUT2D eigenvalue weighted by Crippen LogP contribution is -2.19. The van der Waals surface area contributed by atoms with Crippen molar-refractivity contribution < 1.29 is 17.9 Å². The van der Waals surface area contributed by atoms with Crippen LogP contribution in [0.15, 0.2) is 78.1 Å². The normalized spacial score (nSPS) is 14.5. The third-order valence-corrected chi connectivity index (χ3v) is 8.66. The van der Waals surface area contributed by atoms with E-state index in [1.807, 2.05) is 24.3 Å². The smallest absolute Gasteiger partial charge is 0.308 e. The molecule has 9 nitrogen and oxygen atoms in total. The van der Waals surface area contributed by atoms with Gasteiger partial charge in [-0.2, -0.15) is 14.8 Å². The third-order valence-electron chi connectivity index (χ3n) is 6.90. The van der Waals surface area contributed by atoms with E-state index in [0.29, 0.717) is 16.7 Å². The molecule has 0 saturated heterocycles. The Morgan fingerprint density at radius 1 is 0.973 bits per heavy atom. The number of carbonyl (C=O) groups is 1. The minimum Gasteiger partial charge on any atom is -0.465 e. The van der Waals surface area contributed by atoms with Crippen LogP contribution in [0.5, 0.6) is 0 Å². The van der Waals surface area contributed by atoms with Crippen LogP contribution in [0.25, 0.3) is 27.7 Å². The zero-order chi connectivity index (χ0) is 25.4. The van der Waals surface area contributed by atoms with Crippen molar-refractivity contribution in [1.82, 2.24) is 23.8 Å². The van der Waals surface area contributed by atoms with Crippen LogP contribution < -0.4 is 0 Å². The van der Waals surface area contributed by atoms with Crippen molar-refractivity contribution in [2.24, 2.45) is 5.92 Å². The van der Waals surface area contributed by atoms with Crippen LogP contribution in [-0.2, 0) is 26.0 Å². The summed E-state index contributed by atoms with van der Waals surface area (Å²) in [5.74, 6) is -0.264. The van der Waals surface area contributed by atoms with Gasteiger partial charge in [-0.15, -0.1) is 0 Å². The van der Waals surface area contributed by atoms with Gasteiger partial charge in [-0.25, -0.2) is 17.4 Å². The van der Waals surface area contributed by atoms with E-state index in [2.05, 4.69) is 15.2 Å². The molecule has 0 atom stereocenters. The highest BCUT2D eigenvalue weighted by Gasteiger charge is 2.27. The van der Waals surface area contributed by atoms with Crippen molar-refractivity contribution in [2.75, 3.05) is 6.61 Å². The number of hydrogen-bond acceptors (Lipinski definition) is 7. The van der Waals surface area contributed by atoms with Gasteiger partial charge in [-0.3, -0.25) is 4.79 Å². The first-order chi connectivity index (χ1) is 18.0. The second-order valence-electron chi connectivity index (χ2n) is 9.17. The maximum Gasteiger partial charge on any atom is 0.308 e. The summed E-state index contributed by atoms with van der Waals surface area (Å²) < 4.78 is 36.0. The molecule has 1 fully saturated rings. The fraction of sp³-hybridized carbons (Fsp3) is 0.259. The number of pyridine rings is 1. The molecule has 0 amide bonds. The van der Waals surface area contributed by atoms with Crippen LogP contribution in [0, 0.1) is 5.92 Å². The molecule has 4 aromatic heterocycles. The van der Waals surface area contributed by atoms with Gasteiger partial charge in [0.1, 0.15) is 0 Å². The van der Waals surface area contributed by atoms with Gasteiger partial charge >= 0.3 is 5.97 Å². The molecular weight excluding hydrogens is 490 g/mol. The topological polar surface area (TPSA) is 108 Å². The Bertz CT molecular complexity index is 1700. The van der Waals surface area contributed by atoms with Gasteiger partial charge in [-0.1, -0.05) is 31.0 Å². The summed E-state index contributed by atoms with van der Waals surface area (Å²) in [6.45, 7) is 0.0892. The molecule has 0 radical (unpaired) electrons. The summed E-state index contributed by atoms with van der Waals surface area (Å²) in [5.41, 5.74) is 3.20. The van der Waals surface area contributed by atoms with E-state index in [0.717, 1.165) is 42.3 Å². The van der Waals surface area contributed by atoms with Crippen molar-refractivity contribution in [3.05, 3.63) is 78.9 Å². The average Bonchev–Trinajstić information content (AvgIpc) is 3.67. The lowest BCUT2D eigenvalue weighted by Gasteiger charge is -2.13. The molecule has 4 heterocycles. The van der Waals surface area contributed by atoms with E-state index in [1.165, 1.54) is 8.60 Å². The summed E-state index contributed by atoms with van der Waals surface area (Å²) in [6.07, 6.45) is 8.97. The highest BCUT2D eigenvalue weighted by Crippen LogP contribution is 2.34. The molecule has 0 N–H and O–H groups in total. The highest BCUT2D eigenvalue weighted by molar-refractivity contribution is 7.90. The van der Waals surface area contributed by atoms with Gasteiger partial charge in [0.15, 0.2) is 5.65 Å². The molecular formula is C27H25N5O4S. The van der Waals surface area contributed by atoms with E-state index in [-0.39, 0.29) is 29.8 Å². The van der Waals surface area contributed by atoms with Gasteiger partial charge in [0.2, 0.25) is 0 Å². The Morgan fingerprint density at radius 3 is 2.59 bits per heavy atom. The Hall–Kier alpha value is -4.05. The lowest BCUT2D eigenvalue weighted by molar-refractivity contribution is -0.148. The van der Waals surface area contributed by atoms with Crippen LogP contribution in [0.3, 0.4) is 0 Å². The van der Waals surface area contributed by atoms with E-state index >= 15 is 0 Å². The molecule has 1 aliphatic carbocycles. The summed E-state index contributed by atoms with van der Waals surface area (Å²) in [4.78, 5) is 17.1. The molecule has 1 aromatic carbocycles. The van der Waals surface area contributed by atoms with Crippen molar-refractivity contribution in [3.63, 3.8) is 0 Å². The average molecular weight is 516 g/mol. The van der Waals surface area contributed by atoms with Crippen LogP contribution in [0.4, 0.5) is 0 Å². The van der Waals surface area contributed by atoms with Gasteiger partial charge < -0.3 is 4.74 Å². The number of benzene rings is 1. The molecule has 5 aromatic rings. The first-order valence-corrected chi connectivity index (χ1v) is 13.7. The summed E-state index contributed by atoms with van der Waals surface area (Å²) in [6, 6.07) is 15.7. The lowest BCUT2D eigenvalue weighted by atomic mass is 10.1. The minimum absolute atomic E-state index is 0.0589. The molecule has 0 unspecified atom stereocenters. The van der Waals surface area contributed by atoms with E-state index in [4.69, 9.17) is 4.74 Å². The van der Waals surface area contributed by atoms with E-state index in [1.54, 1.807) is 48.9 Å². The van der Waals surface area contributed by atoms with Crippen molar-refractivity contribution in [3.8, 4) is 11.1 Å². The first-order valence-electron chi connectivity index (χ1n) is 12.3. The molecule has 10 heteroatoms. The quantitative estimate of drug-likeness (QED) is 0.298. The molecule has 1 aliphatic rings. The van der Waals surface area contributed by atoms with Crippen LogP contribution >= 0.6 is 0 Å². The zero-order valence-corrected chi connectivity index (χ0v) is 20.8. The molecule has 0 bridgehead atoms. The Morgan fingerprint density at radius 2 is 1.78 bits per heavy atom. The van der Waals surface area contributed by atoms with Gasteiger partial charge in [0.05, 0.1) is 29.1 Å². The summed E-state index contributed by atoms with van der Waals surface area (Å²) in [5, 5.41) is 9.24. The number of aromatic nitrogens is 5. The number of fused-ring (bicyclic) bond motifs is 2. The van der Waals surface area contributed by atoms with Crippen LogP contribution in [0.1, 0.15) is 31.4 Å². The fourth-order valence-electron chi connectivity index (χ4n) is 5.08. The zero-order valence-electron chi connectivity index (χ0n) is 20.0. The van der Waals surface area contributed by atoms with E-state index in [9.17, 15) is 13.2 Å². The maximum absolute atomic E-state index is 13.8. The number of esters is 1. The number of ether oxygens (including phenoxy) is 1. The van der Waals surface area contributed by atoms with Gasteiger partial charge in [0.25, 0.3) is 10.0 Å². The monoisotopic (exact) mass is 515 g/mol. The molecule has 1 saturated carbocycles. The summed E-state index contributed by atoms with van der Waals surface area (Å²) in [7, 11) is -3.97. The highest BCUT2D eigenvalue weighted by atomic mass is 32.2. The van der Waals surface area contributed by atoms with Gasteiger partial charge in [-0.05, 0) is 54.8 Å². The van der Waals surface area contributed by atoms with E-state index < -0.39 is 10.0 Å². The minimum atomic E-state index is -3.97. The predicted octanol–water partition coefficient (Wildman–Crippen LogP) is 4.26. The second kappa shape index (κ2) is 9.44. The number of hydrogen-bond donors (Lipinski definition) is 0. The van der Waals surface area contributed by atoms with Crippen LogP contribution in [0.2, 0.25) is 0 Å². The Labute approximate surface area is 213 Å². The van der Waals surface area contributed by atoms with Crippen molar-refractivity contribution in [2.45, 2.75) is 37.0 Å². The molecule has 188 valence electrons. The maximum atomic E-state index is 13.8. The number of rotatable bonds is 7. The number of nitrogens with zero attached hydrogens (tertiary/aromatic N) is 5. The van der Waals surface area contributed by atoms with Crippen molar-refractivity contribution in [1.29, 1.82) is 0 Å². The van der Waals surface area contributed by atoms with Crippen LogP contribution in [-0.4, -0.2) is 44.8 Å². The standard InChI is InChI=1S/C27H25N5O4S/c33-27(19-7-4-5-8-19)36-16-13-20-17-23-22(24-18-30-32-25(24)11-6-14-29-32)12-15-28-26(23)31(20)37(34,35)21-9-2-1-3-10-21/h1-3,6,9-12,14-15,17-19H,4-5,7-8,13,16H2.